The smallest absolute Gasteiger partial charge is 0.119 e. The molecule has 0 spiro atoms. The molecular formula is C12H10Br2OS. The Bertz CT molecular complexity index is 481. The van der Waals surface area contributed by atoms with Gasteiger partial charge in [-0.2, -0.15) is 0 Å². The summed E-state index contributed by atoms with van der Waals surface area (Å²) in [5.74, 6) is 0.884. The Labute approximate surface area is 116 Å². The molecular weight excluding hydrogens is 352 g/mol. The highest BCUT2D eigenvalue weighted by molar-refractivity contribution is 9.11. The van der Waals surface area contributed by atoms with Gasteiger partial charge >= 0.3 is 0 Å². The Morgan fingerprint density at radius 3 is 2.75 bits per heavy atom. The fourth-order valence-electron chi connectivity index (χ4n) is 1.44. The van der Waals surface area contributed by atoms with Crippen LogP contribution in [-0.2, 0) is 0 Å². The van der Waals surface area contributed by atoms with Crippen LogP contribution in [0.2, 0.25) is 0 Å². The van der Waals surface area contributed by atoms with Gasteiger partial charge in [0.25, 0.3) is 0 Å². The quantitative estimate of drug-likeness (QED) is 0.698. The van der Waals surface area contributed by atoms with Gasteiger partial charge in [0.05, 0.1) is 11.9 Å². The lowest BCUT2D eigenvalue weighted by Crippen LogP contribution is -1.91. The van der Waals surface area contributed by atoms with Crippen LogP contribution in [0.1, 0.15) is 15.3 Å². The molecule has 84 valence electrons. The zero-order chi connectivity index (χ0) is 11.5. The Hall–Kier alpha value is -0.320. The molecule has 0 radical (unpaired) electrons. The highest BCUT2D eigenvalue weighted by Gasteiger charge is 2.15. The van der Waals surface area contributed by atoms with Gasteiger partial charge in [-0.05, 0) is 45.1 Å². The number of hydrogen-bond acceptors (Lipinski definition) is 2. The predicted octanol–water partition coefficient (Wildman–Crippen LogP) is 5.00. The molecule has 0 aliphatic rings. The minimum absolute atomic E-state index is 0.206. The number of ether oxygens (including phenoxy) is 1. The van der Waals surface area contributed by atoms with Crippen LogP contribution < -0.4 is 4.74 Å². The Kier molecular flexibility index (Phi) is 4.05. The van der Waals surface area contributed by atoms with E-state index in [0.717, 1.165) is 10.2 Å². The van der Waals surface area contributed by atoms with Crippen LogP contribution in [0.4, 0.5) is 0 Å². The molecule has 1 unspecified atom stereocenters. The average Bonchev–Trinajstić information content (AvgIpc) is 2.74. The van der Waals surface area contributed by atoms with Gasteiger partial charge in [0.1, 0.15) is 5.75 Å². The number of hydrogen-bond donors (Lipinski definition) is 0. The van der Waals surface area contributed by atoms with E-state index in [1.165, 1.54) is 10.4 Å². The molecule has 0 aliphatic carbocycles. The summed E-state index contributed by atoms with van der Waals surface area (Å²) < 4.78 is 6.36. The van der Waals surface area contributed by atoms with Crippen LogP contribution in [-0.4, -0.2) is 7.11 Å². The van der Waals surface area contributed by atoms with E-state index in [0.29, 0.717) is 0 Å². The van der Waals surface area contributed by atoms with Gasteiger partial charge in [-0.3, -0.25) is 0 Å². The summed E-state index contributed by atoms with van der Waals surface area (Å²) in [6.07, 6.45) is 0. The minimum atomic E-state index is 0.206. The van der Waals surface area contributed by atoms with E-state index in [2.05, 4.69) is 49.4 Å². The summed E-state index contributed by atoms with van der Waals surface area (Å²) in [5.41, 5.74) is 1.20. The monoisotopic (exact) mass is 360 g/mol. The van der Waals surface area contributed by atoms with Gasteiger partial charge in [-0.1, -0.05) is 28.1 Å². The van der Waals surface area contributed by atoms with E-state index in [4.69, 9.17) is 4.74 Å². The number of rotatable bonds is 3. The Morgan fingerprint density at radius 2 is 2.12 bits per heavy atom. The van der Waals surface area contributed by atoms with Gasteiger partial charge in [0.2, 0.25) is 0 Å². The molecule has 0 N–H and O–H groups in total. The topological polar surface area (TPSA) is 9.23 Å². The first-order valence-corrected chi connectivity index (χ1v) is 7.32. The van der Waals surface area contributed by atoms with Gasteiger partial charge in [0.15, 0.2) is 0 Å². The van der Waals surface area contributed by atoms with Crippen LogP contribution in [0.25, 0.3) is 0 Å². The third-order valence-electron chi connectivity index (χ3n) is 2.26. The van der Waals surface area contributed by atoms with Crippen LogP contribution in [0.5, 0.6) is 5.75 Å². The van der Waals surface area contributed by atoms with Crippen molar-refractivity contribution in [1.29, 1.82) is 0 Å². The molecule has 0 aliphatic heterocycles. The second-order valence-corrected chi connectivity index (χ2v) is 5.99. The van der Waals surface area contributed by atoms with Crippen molar-refractivity contribution in [2.45, 2.75) is 4.83 Å². The molecule has 1 heterocycles. The van der Waals surface area contributed by atoms with E-state index in [9.17, 15) is 0 Å². The first kappa shape index (κ1) is 12.1. The maximum absolute atomic E-state index is 5.22. The minimum Gasteiger partial charge on any atom is -0.497 e. The molecule has 4 heteroatoms. The van der Waals surface area contributed by atoms with E-state index >= 15 is 0 Å². The third-order valence-corrected chi connectivity index (χ3v) is 5.49. The fraction of sp³-hybridized carbons (Fsp3) is 0.167. The molecule has 2 aromatic rings. The standard InChI is InChI=1S/C12H10Br2OS/c1-15-9-4-2-3-8(7-9)11(14)12-10(13)5-6-16-12/h2-7,11H,1H3. The molecule has 1 aromatic carbocycles. The predicted molar refractivity (Wildman–Crippen MR) is 75.8 cm³/mol. The van der Waals surface area contributed by atoms with E-state index in [1.54, 1.807) is 18.4 Å². The molecule has 0 saturated carbocycles. The number of benzene rings is 1. The van der Waals surface area contributed by atoms with Gasteiger partial charge < -0.3 is 4.74 Å². The molecule has 0 bridgehead atoms. The molecule has 2 rings (SSSR count). The van der Waals surface area contributed by atoms with E-state index < -0.39 is 0 Å². The van der Waals surface area contributed by atoms with Crippen molar-refractivity contribution in [3.63, 3.8) is 0 Å². The zero-order valence-corrected chi connectivity index (χ0v) is 12.6. The highest BCUT2D eigenvalue weighted by atomic mass is 79.9. The number of alkyl halides is 1. The first-order chi connectivity index (χ1) is 7.72. The third kappa shape index (κ3) is 2.50. The summed E-state index contributed by atoms with van der Waals surface area (Å²) in [5, 5.41) is 2.08. The number of thiophene rings is 1. The summed E-state index contributed by atoms with van der Waals surface area (Å²) in [6, 6.07) is 10.2. The lowest BCUT2D eigenvalue weighted by atomic mass is 10.1. The normalized spacial score (nSPS) is 12.4. The van der Waals surface area contributed by atoms with Crippen molar-refractivity contribution in [3.8, 4) is 5.75 Å². The fourth-order valence-corrected chi connectivity index (χ4v) is 4.20. The first-order valence-electron chi connectivity index (χ1n) is 4.73. The van der Waals surface area contributed by atoms with Gasteiger partial charge in [-0.15, -0.1) is 11.3 Å². The van der Waals surface area contributed by atoms with Crippen molar-refractivity contribution >= 4 is 43.2 Å². The lowest BCUT2D eigenvalue weighted by Gasteiger charge is -2.10. The average molecular weight is 362 g/mol. The van der Waals surface area contributed by atoms with Crippen molar-refractivity contribution in [2.24, 2.45) is 0 Å². The SMILES string of the molecule is COc1cccc(C(Br)c2sccc2Br)c1. The largest absolute Gasteiger partial charge is 0.497 e. The molecule has 1 aromatic heterocycles. The van der Waals surface area contributed by atoms with Crippen LogP contribution in [0, 0.1) is 0 Å². The maximum atomic E-state index is 5.22. The van der Waals surface area contributed by atoms with Crippen molar-refractivity contribution < 1.29 is 4.74 Å². The summed E-state index contributed by atoms with van der Waals surface area (Å²) in [6.45, 7) is 0. The van der Waals surface area contributed by atoms with Gasteiger partial charge in [-0.25, -0.2) is 0 Å². The van der Waals surface area contributed by atoms with Crippen molar-refractivity contribution in [1.82, 2.24) is 0 Å². The molecule has 0 amide bonds. The van der Waals surface area contributed by atoms with Crippen molar-refractivity contribution in [2.75, 3.05) is 7.11 Å². The Balaban J connectivity index is 2.33. The zero-order valence-electron chi connectivity index (χ0n) is 8.61. The number of halogens is 2. The maximum Gasteiger partial charge on any atom is 0.119 e. The second-order valence-electron chi connectivity index (χ2n) is 3.27. The summed E-state index contributed by atoms with van der Waals surface area (Å²) in [4.78, 5) is 1.48. The molecule has 1 nitrogen and oxygen atoms in total. The van der Waals surface area contributed by atoms with Crippen LogP contribution >= 0.6 is 43.2 Å². The number of methoxy groups -OCH3 is 1. The van der Waals surface area contributed by atoms with Gasteiger partial charge in [0, 0.05) is 9.35 Å². The molecule has 1 atom stereocenters. The molecule has 0 saturated heterocycles. The lowest BCUT2D eigenvalue weighted by molar-refractivity contribution is 0.414. The van der Waals surface area contributed by atoms with Crippen LogP contribution in [0.15, 0.2) is 40.2 Å². The van der Waals surface area contributed by atoms with Crippen LogP contribution in [0.3, 0.4) is 0 Å². The summed E-state index contributed by atoms with van der Waals surface area (Å²) in [7, 11) is 1.68. The second kappa shape index (κ2) is 5.34. The molecule has 0 fully saturated rings. The summed E-state index contributed by atoms with van der Waals surface area (Å²) >= 11 is 8.99. The molecule has 16 heavy (non-hydrogen) atoms. The van der Waals surface area contributed by atoms with E-state index in [-0.39, 0.29) is 4.83 Å². The Morgan fingerprint density at radius 1 is 1.31 bits per heavy atom. The van der Waals surface area contributed by atoms with Crippen molar-refractivity contribution in [3.05, 3.63) is 50.6 Å². The van der Waals surface area contributed by atoms with E-state index in [1.807, 2.05) is 18.2 Å². The highest BCUT2D eigenvalue weighted by Crippen LogP contribution is 2.39.